The Morgan fingerprint density at radius 3 is 2.32 bits per heavy atom. The molecular weight excluding hydrogens is 361 g/mol. The second-order valence-corrected chi connectivity index (χ2v) is 6.75. The van der Waals surface area contributed by atoms with Crippen molar-refractivity contribution in [1.82, 2.24) is 4.90 Å². The zero-order valence-electron chi connectivity index (χ0n) is 14.1. The van der Waals surface area contributed by atoms with E-state index in [0.29, 0.717) is 33.7 Å². The fourth-order valence-electron chi connectivity index (χ4n) is 3.17. The van der Waals surface area contributed by atoms with E-state index >= 15 is 0 Å². The van der Waals surface area contributed by atoms with E-state index in [0.717, 1.165) is 18.4 Å². The number of amides is 1. The van der Waals surface area contributed by atoms with Gasteiger partial charge in [0.2, 0.25) is 0 Å². The van der Waals surface area contributed by atoms with Crippen molar-refractivity contribution in [3.63, 3.8) is 0 Å². The molecule has 0 saturated carbocycles. The third-order valence-corrected chi connectivity index (χ3v) is 5.18. The summed E-state index contributed by atoms with van der Waals surface area (Å²) >= 11 is 12.2. The summed E-state index contributed by atoms with van der Waals surface area (Å²) in [5.41, 5.74) is 1.54. The van der Waals surface area contributed by atoms with Crippen LogP contribution < -0.4 is 9.47 Å². The molecule has 0 N–H and O–H groups in total. The number of hydrogen-bond donors (Lipinski definition) is 0. The van der Waals surface area contributed by atoms with E-state index in [1.165, 1.54) is 0 Å². The average molecular weight is 380 g/mol. The molecule has 132 valence electrons. The summed E-state index contributed by atoms with van der Waals surface area (Å²) in [5.74, 6) is 1.13. The predicted molar refractivity (Wildman–Crippen MR) is 99.0 cm³/mol. The van der Waals surface area contributed by atoms with Crippen LogP contribution in [0.3, 0.4) is 0 Å². The van der Waals surface area contributed by atoms with Crippen LogP contribution in [0.25, 0.3) is 0 Å². The average Bonchev–Trinajstić information content (AvgIpc) is 3.12. The molecule has 1 atom stereocenters. The number of likely N-dealkylation sites (tertiary alicyclic amines) is 1. The normalized spacial score (nSPS) is 16.8. The fraction of sp³-hybridized carbons (Fsp3) is 0.316. The molecule has 1 heterocycles. The van der Waals surface area contributed by atoms with E-state index in [2.05, 4.69) is 0 Å². The van der Waals surface area contributed by atoms with Gasteiger partial charge in [-0.15, -0.1) is 0 Å². The molecule has 0 aliphatic carbocycles. The molecule has 0 aromatic heterocycles. The van der Waals surface area contributed by atoms with Crippen LogP contribution in [0, 0.1) is 0 Å². The Hall–Kier alpha value is -1.91. The number of ether oxygens (including phenoxy) is 2. The smallest absolute Gasteiger partial charge is 0.254 e. The molecule has 25 heavy (non-hydrogen) atoms. The Morgan fingerprint density at radius 1 is 1.04 bits per heavy atom. The quantitative estimate of drug-likeness (QED) is 0.750. The van der Waals surface area contributed by atoms with Crippen molar-refractivity contribution in [2.75, 3.05) is 20.8 Å². The minimum Gasteiger partial charge on any atom is -0.497 e. The number of nitrogens with zero attached hydrogens (tertiary/aromatic N) is 1. The summed E-state index contributed by atoms with van der Waals surface area (Å²) in [6.45, 7) is 0.698. The molecule has 1 amide bonds. The highest BCUT2D eigenvalue weighted by molar-refractivity contribution is 6.42. The fourth-order valence-corrected chi connectivity index (χ4v) is 3.48. The van der Waals surface area contributed by atoms with Gasteiger partial charge in [-0.05, 0) is 42.7 Å². The van der Waals surface area contributed by atoms with Crippen LogP contribution in [0.5, 0.6) is 11.5 Å². The van der Waals surface area contributed by atoms with E-state index < -0.39 is 0 Å². The van der Waals surface area contributed by atoms with Crippen molar-refractivity contribution in [2.45, 2.75) is 18.9 Å². The van der Waals surface area contributed by atoms with Gasteiger partial charge in [0.15, 0.2) is 0 Å². The maximum absolute atomic E-state index is 13.1. The largest absolute Gasteiger partial charge is 0.497 e. The van der Waals surface area contributed by atoms with E-state index in [9.17, 15) is 4.79 Å². The standard InChI is InChI=1S/C19H19Cl2NO3/c1-24-14-8-13(9-15(11-14)25-2)19(23)22-7-3-4-18(22)12-5-6-16(20)17(21)10-12/h5-6,8-11,18H,3-4,7H2,1-2H3. The molecule has 3 rings (SSSR count). The van der Waals surface area contributed by atoms with Gasteiger partial charge in [-0.1, -0.05) is 29.3 Å². The molecule has 2 aromatic carbocycles. The maximum Gasteiger partial charge on any atom is 0.254 e. The van der Waals surface area contributed by atoms with E-state index in [1.807, 2.05) is 17.0 Å². The van der Waals surface area contributed by atoms with Crippen LogP contribution in [0.1, 0.15) is 34.8 Å². The first-order valence-corrected chi connectivity index (χ1v) is 8.78. The second kappa shape index (κ2) is 7.54. The third kappa shape index (κ3) is 3.70. The maximum atomic E-state index is 13.1. The number of rotatable bonds is 4. The Kier molecular flexibility index (Phi) is 5.40. The summed E-state index contributed by atoms with van der Waals surface area (Å²) in [4.78, 5) is 14.9. The van der Waals surface area contributed by atoms with Gasteiger partial charge >= 0.3 is 0 Å². The molecule has 4 nitrogen and oxygen atoms in total. The van der Waals surface area contributed by atoms with Gasteiger partial charge in [0.1, 0.15) is 11.5 Å². The number of benzene rings is 2. The highest BCUT2D eigenvalue weighted by Crippen LogP contribution is 2.36. The molecule has 0 spiro atoms. The first-order chi connectivity index (χ1) is 12.0. The molecule has 0 bridgehead atoms. The molecule has 1 saturated heterocycles. The van der Waals surface area contributed by atoms with Crippen molar-refractivity contribution in [3.05, 3.63) is 57.6 Å². The van der Waals surface area contributed by atoms with Crippen molar-refractivity contribution in [3.8, 4) is 11.5 Å². The van der Waals surface area contributed by atoms with Crippen molar-refractivity contribution < 1.29 is 14.3 Å². The Balaban J connectivity index is 1.91. The van der Waals surface area contributed by atoms with Crippen LogP contribution in [0.15, 0.2) is 36.4 Å². The lowest BCUT2D eigenvalue weighted by Crippen LogP contribution is -2.30. The highest BCUT2D eigenvalue weighted by atomic mass is 35.5. The molecule has 1 aliphatic heterocycles. The van der Waals surface area contributed by atoms with E-state index in [4.69, 9.17) is 32.7 Å². The van der Waals surface area contributed by atoms with E-state index in [1.54, 1.807) is 38.5 Å². The molecule has 0 radical (unpaired) electrons. The summed E-state index contributed by atoms with van der Waals surface area (Å²) in [6.07, 6.45) is 1.84. The highest BCUT2D eigenvalue weighted by Gasteiger charge is 2.31. The molecule has 1 unspecified atom stereocenters. The number of hydrogen-bond acceptors (Lipinski definition) is 3. The zero-order chi connectivity index (χ0) is 18.0. The second-order valence-electron chi connectivity index (χ2n) is 5.93. The van der Waals surface area contributed by atoms with E-state index in [-0.39, 0.29) is 11.9 Å². The monoisotopic (exact) mass is 379 g/mol. The lowest BCUT2D eigenvalue weighted by molar-refractivity contribution is 0.0735. The number of carbonyl (C=O) groups is 1. The zero-order valence-corrected chi connectivity index (χ0v) is 15.6. The van der Waals surface area contributed by atoms with Gasteiger partial charge in [-0.25, -0.2) is 0 Å². The Morgan fingerprint density at radius 2 is 1.72 bits per heavy atom. The Bertz CT molecular complexity index is 772. The van der Waals surface area contributed by atoms with Crippen molar-refractivity contribution in [2.24, 2.45) is 0 Å². The number of halogens is 2. The summed E-state index contributed by atoms with van der Waals surface area (Å²) in [7, 11) is 3.13. The summed E-state index contributed by atoms with van der Waals surface area (Å²) in [5, 5.41) is 1.01. The predicted octanol–water partition coefficient (Wildman–Crippen LogP) is 4.99. The van der Waals surface area contributed by atoms with Crippen LogP contribution in [-0.2, 0) is 0 Å². The van der Waals surface area contributed by atoms with Crippen molar-refractivity contribution in [1.29, 1.82) is 0 Å². The SMILES string of the molecule is COc1cc(OC)cc(C(=O)N2CCCC2c2ccc(Cl)c(Cl)c2)c1. The minimum atomic E-state index is -0.0502. The van der Waals surface area contributed by atoms with Crippen molar-refractivity contribution >= 4 is 29.1 Å². The molecular formula is C19H19Cl2NO3. The van der Waals surface area contributed by atoms with Crippen LogP contribution in [0.4, 0.5) is 0 Å². The Labute approximate surface area is 157 Å². The minimum absolute atomic E-state index is 0.0144. The molecule has 2 aromatic rings. The van der Waals surface area contributed by atoms with Crippen LogP contribution in [0.2, 0.25) is 10.0 Å². The molecule has 1 aliphatic rings. The lowest BCUT2D eigenvalue weighted by atomic mass is 10.0. The lowest BCUT2D eigenvalue weighted by Gasteiger charge is -2.26. The van der Waals surface area contributed by atoms with Gasteiger partial charge < -0.3 is 14.4 Å². The topological polar surface area (TPSA) is 38.8 Å². The van der Waals surface area contributed by atoms with Gasteiger partial charge in [0, 0.05) is 18.2 Å². The van der Waals surface area contributed by atoms with Crippen LogP contribution >= 0.6 is 23.2 Å². The van der Waals surface area contributed by atoms with Gasteiger partial charge in [-0.3, -0.25) is 4.79 Å². The van der Waals surface area contributed by atoms with Gasteiger partial charge in [0.25, 0.3) is 5.91 Å². The van der Waals surface area contributed by atoms with Gasteiger partial charge in [0.05, 0.1) is 30.3 Å². The first kappa shape index (κ1) is 17.9. The van der Waals surface area contributed by atoms with Crippen LogP contribution in [-0.4, -0.2) is 31.6 Å². The summed E-state index contributed by atoms with van der Waals surface area (Å²) < 4.78 is 10.5. The molecule has 1 fully saturated rings. The number of carbonyl (C=O) groups excluding carboxylic acids is 1. The first-order valence-electron chi connectivity index (χ1n) is 8.02. The number of methoxy groups -OCH3 is 2. The summed E-state index contributed by atoms with van der Waals surface area (Å²) in [6, 6.07) is 10.7. The third-order valence-electron chi connectivity index (χ3n) is 4.44. The van der Waals surface area contributed by atoms with Gasteiger partial charge in [-0.2, -0.15) is 0 Å². The molecule has 6 heteroatoms.